The number of carbonyl (C=O) groups excluding carboxylic acids is 4. The van der Waals surface area contributed by atoms with Crippen LogP contribution in [0.5, 0.6) is 0 Å². The van der Waals surface area contributed by atoms with E-state index in [1.807, 2.05) is 69.3 Å². The maximum Gasteiger partial charge on any atom is 0.408 e. The minimum Gasteiger partial charge on any atom is -0.468 e. The second kappa shape index (κ2) is 16.1. The van der Waals surface area contributed by atoms with Crippen molar-refractivity contribution in [2.24, 2.45) is 5.92 Å². The summed E-state index contributed by atoms with van der Waals surface area (Å²) >= 11 is 0. The van der Waals surface area contributed by atoms with E-state index in [-0.39, 0.29) is 19.0 Å². The van der Waals surface area contributed by atoms with Crippen molar-refractivity contribution in [3.05, 3.63) is 70.8 Å². The summed E-state index contributed by atoms with van der Waals surface area (Å²) in [5.74, 6) is -1.18. The van der Waals surface area contributed by atoms with Crippen LogP contribution in [0, 0.1) is 19.8 Å². The fourth-order valence-corrected chi connectivity index (χ4v) is 4.69. The normalized spacial score (nSPS) is 13.4. The van der Waals surface area contributed by atoms with Crippen molar-refractivity contribution in [1.82, 2.24) is 15.5 Å². The Morgan fingerprint density at radius 2 is 1.56 bits per heavy atom. The summed E-state index contributed by atoms with van der Waals surface area (Å²) in [7, 11) is 1.25. The fraction of sp³-hybridized carbons (Fsp3) is 0.529. The lowest BCUT2D eigenvalue weighted by atomic mass is 9.94. The summed E-state index contributed by atoms with van der Waals surface area (Å²) < 4.78 is 10.3. The molecular weight excluding hydrogens is 546 g/mol. The van der Waals surface area contributed by atoms with Crippen LogP contribution < -0.4 is 10.6 Å². The number of rotatable bonds is 13. The van der Waals surface area contributed by atoms with Gasteiger partial charge in [0, 0.05) is 12.5 Å². The van der Waals surface area contributed by atoms with E-state index in [0.29, 0.717) is 17.9 Å². The van der Waals surface area contributed by atoms with Gasteiger partial charge in [-0.1, -0.05) is 62.4 Å². The molecule has 236 valence electrons. The number of alkyl carbamates (subject to hydrolysis) is 1. The van der Waals surface area contributed by atoms with E-state index >= 15 is 0 Å². The van der Waals surface area contributed by atoms with Crippen molar-refractivity contribution in [1.29, 1.82) is 0 Å². The Hall–Kier alpha value is -3.88. The molecule has 0 radical (unpaired) electrons. The largest absolute Gasteiger partial charge is 0.468 e. The Morgan fingerprint density at radius 1 is 0.907 bits per heavy atom. The molecular formula is C34H49N3O6. The first-order chi connectivity index (χ1) is 20.1. The maximum absolute atomic E-state index is 14.7. The molecule has 3 amide bonds. The molecule has 2 aromatic rings. The topological polar surface area (TPSA) is 114 Å². The molecule has 0 aliphatic carbocycles. The predicted molar refractivity (Wildman–Crippen MR) is 167 cm³/mol. The molecule has 0 spiro atoms. The zero-order valence-electron chi connectivity index (χ0n) is 27.2. The Labute approximate surface area is 256 Å². The standard InChI is InChI=1S/C34H49N3O6/c1-22(2)15-17-25(5)37(30(31(39)35-21-29(38)42-9)27-18-16-23(3)24(4)19-27)32(40)28(20-26-13-11-10-12-14-26)36-33(41)43-34(6,7)8/h10-14,16,18-19,22,25,28,30H,15,17,20-21H2,1-9H3,(H,35,39)(H,36,41). The highest BCUT2D eigenvalue weighted by atomic mass is 16.6. The van der Waals surface area contributed by atoms with Crippen molar-refractivity contribution in [2.45, 2.75) is 98.4 Å². The molecule has 0 saturated heterocycles. The third-order valence-electron chi connectivity index (χ3n) is 7.17. The third kappa shape index (κ3) is 11.4. The number of carbonyl (C=O) groups is 4. The van der Waals surface area contributed by atoms with E-state index in [4.69, 9.17) is 9.47 Å². The minimum atomic E-state index is -1.07. The van der Waals surface area contributed by atoms with Gasteiger partial charge < -0.3 is 25.0 Å². The van der Waals surface area contributed by atoms with Gasteiger partial charge in [0.15, 0.2) is 0 Å². The minimum absolute atomic E-state index is 0.190. The molecule has 3 atom stereocenters. The van der Waals surface area contributed by atoms with Crippen LogP contribution in [0.1, 0.15) is 82.7 Å². The van der Waals surface area contributed by atoms with Crippen molar-refractivity contribution in [3.63, 3.8) is 0 Å². The van der Waals surface area contributed by atoms with Gasteiger partial charge in [0.2, 0.25) is 11.8 Å². The molecule has 2 N–H and O–H groups in total. The molecule has 0 fully saturated rings. The van der Waals surface area contributed by atoms with Crippen LogP contribution in [-0.2, 0) is 30.3 Å². The molecule has 2 rings (SSSR count). The number of nitrogens with zero attached hydrogens (tertiary/aromatic N) is 1. The van der Waals surface area contributed by atoms with Gasteiger partial charge in [0.25, 0.3) is 0 Å². The first kappa shape index (κ1) is 35.3. The number of hydrogen-bond acceptors (Lipinski definition) is 6. The summed E-state index contributed by atoms with van der Waals surface area (Å²) in [5, 5.41) is 5.45. The van der Waals surface area contributed by atoms with Crippen LogP contribution in [-0.4, -0.2) is 60.1 Å². The quantitative estimate of drug-likeness (QED) is 0.299. The van der Waals surface area contributed by atoms with Crippen molar-refractivity contribution in [2.75, 3.05) is 13.7 Å². The number of hydrogen-bond donors (Lipinski definition) is 2. The van der Waals surface area contributed by atoms with Gasteiger partial charge in [0.1, 0.15) is 24.2 Å². The molecule has 0 aliphatic heterocycles. The van der Waals surface area contributed by atoms with Crippen LogP contribution in [0.4, 0.5) is 4.79 Å². The van der Waals surface area contributed by atoms with Gasteiger partial charge in [-0.05, 0) is 82.6 Å². The lowest BCUT2D eigenvalue weighted by molar-refractivity contribution is -0.146. The zero-order valence-corrected chi connectivity index (χ0v) is 27.2. The molecule has 3 unspecified atom stereocenters. The van der Waals surface area contributed by atoms with Crippen LogP contribution in [0.3, 0.4) is 0 Å². The molecule has 0 aromatic heterocycles. The highest BCUT2D eigenvalue weighted by molar-refractivity contribution is 5.93. The summed E-state index contributed by atoms with van der Waals surface area (Å²) in [6, 6.07) is 12.5. The highest BCUT2D eigenvalue weighted by Gasteiger charge is 2.39. The van der Waals surface area contributed by atoms with Gasteiger partial charge >= 0.3 is 12.1 Å². The second-order valence-corrected chi connectivity index (χ2v) is 12.5. The Kier molecular flexibility index (Phi) is 13.2. The van der Waals surface area contributed by atoms with Gasteiger partial charge in [0.05, 0.1) is 7.11 Å². The lowest BCUT2D eigenvalue weighted by Gasteiger charge is -2.39. The molecule has 9 heteroatoms. The maximum atomic E-state index is 14.7. The van der Waals surface area contributed by atoms with Crippen molar-refractivity contribution in [3.8, 4) is 0 Å². The van der Waals surface area contributed by atoms with E-state index in [1.54, 1.807) is 25.7 Å². The number of aryl methyl sites for hydroxylation is 2. The smallest absolute Gasteiger partial charge is 0.408 e. The van der Waals surface area contributed by atoms with Crippen molar-refractivity contribution >= 4 is 23.9 Å². The average molecular weight is 596 g/mol. The van der Waals surface area contributed by atoms with Crippen LogP contribution in [0.15, 0.2) is 48.5 Å². The summed E-state index contributed by atoms with van der Waals surface area (Å²) in [6.07, 6.45) is 0.904. The van der Waals surface area contributed by atoms with Crippen LogP contribution >= 0.6 is 0 Å². The van der Waals surface area contributed by atoms with Crippen molar-refractivity contribution < 1.29 is 28.7 Å². The van der Waals surface area contributed by atoms with E-state index in [1.165, 1.54) is 7.11 Å². The Morgan fingerprint density at radius 3 is 2.12 bits per heavy atom. The highest BCUT2D eigenvalue weighted by Crippen LogP contribution is 2.29. The molecule has 2 aromatic carbocycles. The third-order valence-corrected chi connectivity index (χ3v) is 7.17. The summed E-state index contributed by atoms with van der Waals surface area (Å²) in [6.45, 7) is 14.9. The Bertz CT molecular complexity index is 1240. The summed E-state index contributed by atoms with van der Waals surface area (Å²) in [5.41, 5.74) is 2.66. The van der Waals surface area contributed by atoms with Gasteiger partial charge in [-0.3, -0.25) is 14.4 Å². The molecule has 0 bridgehead atoms. The molecule has 0 saturated carbocycles. The number of nitrogens with one attached hydrogen (secondary N) is 2. The first-order valence-corrected chi connectivity index (χ1v) is 14.9. The van der Waals surface area contributed by atoms with Crippen LogP contribution in [0.2, 0.25) is 0 Å². The lowest BCUT2D eigenvalue weighted by Crippen LogP contribution is -2.56. The van der Waals surface area contributed by atoms with Gasteiger partial charge in [-0.15, -0.1) is 0 Å². The monoisotopic (exact) mass is 595 g/mol. The van der Waals surface area contributed by atoms with Crippen LogP contribution in [0.25, 0.3) is 0 Å². The zero-order chi connectivity index (χ0) is 32.3. The first-order valence-electron chi connectivity index (χ1n) is 14.9. The van der Waals surface area contributed by atoms with E-state index < -0.39 is 41.6 Å². The number of amides is 3. The Balaban J connectivity index is 2.67. The van der Waals surface area contributed by atoms with E-state index in [9.17, 15) is 19.2 Å². The van der Waals surface area contributed by atoms with Gasteiger partial charge in [-0.25, -0.2) is 4.79 Å². The predicted octanol–water partition coefficient (Wildman–Crippen LogP) is 5.42. The summed E-state index contributed by atoms with van der Waals surface area (Å²) in [4.78, 5) is 55.1. The number of benzene rings is 2. The number of ether oxygens (including phenoxy) is 2. The van der Waals surface area contributed by atoms with E-state index in [2.05, 4.69) is 24.5 Å². The fourth-order valence-electron chi connectivity index (χ4n) is 4.69. The number of esters is 1. The average Bonchev–Trinajstić information content (AvgIpc) is 2.93. The molecule has 9 nitrogen and oxygen atoms in total. The molecule has 0 aliphatic rings. The second-order valence-electron chi connectivity index (χ2n) is 12.5. The molecule has 0 heterocycles. The van der Waals surface area contributed by atoms with Gasteiger partial charge in [-0.2, -0.15) is 0 Å². The van der Waals surface area contributed by atoms with E-state index in [0.717, 1.165) is 23.1 Å². The molecule has 43 heavy (non-hydrogen) atoms. The SMILES string of the molecule is COC(=O)CNC(=O)C(c1ccc(C)c(C)c1)N(C(=O)C(Cc1ccccc1)NC(=O)OC(C)(C)C)C(C)CCC(C)C. The number of methoxy groups -OCH3 is 1.